The highest BCUT2D eigenvalue weighted by molar-refractivity contribution is 5.73. The second kappa shape index (κ2) is 6.85. The Bertz CT molecular complexity index is 596. The number of halogens is 1. The maximum atomic E-state index is 12.8. The fraction of sp³-hybridized carbons (Fsp3) is 0.188. The number of carboxylic acids is 1. The van der Waals surface area contributed by atoms with E-state index in [4.69, 9.17) is 15.6 Å². The van der Waals surface area contributed by atoms with Gasteiger partial charge in [-0.2, -0.15) is 0 Å². The molecule has 0 radical (unpaired) electrons. The molecule has 0 heterocycles. The number of carbonyl (C=O) groups is 1. The first-order valence-electron chi connectivity index (χ1n) is 6.49. The van der Waals surface area contributed by atoms with Crippen molar-refractivity contribution in [1.82, 2.24) is 0 Å². The monoisotopic (exact) mass is 289 g/mol. The molecule has 1 atom stereocenters. The Labute approximate surface area is 122 Å². The highest BCUT2D eigenvalue weighted by atomic mass is 19.1. The molecule has 0 bridgehead atoms. The molecule has 0 saturated heterocycles. The summed E-state index contributed by atoms with van der Waals surface area (Å²) in [5.41, 5.74) is 7.17. The highest BCUT2D eigenvalue weighted by Gasteiger charge is 2.11. The summed E-state index contributed by atoms with van der Waals surface area (Å²) in [6, 6.07) is 12.3. The van der Waals surface area contributed by atoms with Crippen molar-refractivity contribution in [2.45, 2.75) is 19.1 Å². The summed E-state index contributed by atoms with van der Waals surface area (Å²) in [6.07, 6.45) is 0.271. The second-order valence-corrected chi connectivity index (χ2v) is 4.71. The van der Waals surface area contributed by atoms with Crippen LogP contribution in [0.1, 0.15) is 11.1 Å². The zero-order valence-corrected chi connectivity index (χ0v) is 11.3. The van der Waals surface area contributed by atoms with E-state index in [1.54, 1.807) is 36.4 Å². The molecule has 4 nitrogen and oxygen atoms in total. The van der Waals surface area contributed by atoms with Crippen molar-refractivity contribution in [3.8, 4) is 5.75 Å². The van der Waals surface area contributed by atoms with Gasteiger partial charge in [-0.1, -0.05) is 24.3 Å². The second-order valence-electron chi connectivity index (χ2n) is 4.71. The fourth-order valence-electron chi connectivity index (χ4n) is 1.81. The third kappa shape index (κ3) is 4.57. The largest absolute Gasteiger partial charge is 0.489 e. The molecule has 0 saturated carbocycles. The van der Waals surface area contributed by atoms with Gasteiger partial charge in [0.1, 0.15) is 24.2 Å². The van der Waals surface area contributed by atoms with Gasteiger partial charge in [-0.25, -0.2) is 4.39 Å². The number of rotatable bonds is 6. The lowest BCUT2D eigenvalue weighted by Gasteiger charge is -2.09. The first kappa shape index (κ1) is 15.0. The molecule has 0 fully saturated rings. The van der Waals surface area contributed by atoms with Crippen molar-refractivity contribution in [3.05, 3.63) is 65.5 Å². The average Bonchev–Trinajstić information content (AvgIpc) is 2.48. The van der Waals surface area contributed by atoms with E-state index in [9.17, 15) is 9.18 Å². The van der Waals surface area contributed by atoms with Gasteiger partial charge < -0.3 is 15.6 Å². The summed E-state index contributed by atoms with van der Waals surface area (Å²) < 4.78 is 18.3. The van der Waals surface area contributed by atoms with Gasteiger partial charge in [0.25, 0.3) is 0 Å². The first-order chi connectivity index (χ1) is 10.0. The fourth-order valence-corrected chi connectivity index (χ4v) is 1.81. The quantitative estimate of drug-likeness (QED) is 0.856. The molecule has 0 aromatic heterocycles. The van der Waals surface area contributed by atoms with Crippen LogP contribution in [0, 0.1) is 5.82 Å². The molecular weight excluding hydrogens is 273 g/mol. The molecule has 2 aromatic rings. The average molecular weight is 289 g/mol. The van der Waals surface area contributed by atoms with Crippen LogP contribution >= 0.6 is 0 Å². The van der Waals surface area contributed by atoms with Crippen molar-refractivity contribution in [2.24, 2.45) is 5.73 Å². The molecule has 1 unspecified atom stereocenters. The minimum Gasteiger partial charge on any atom is -0.489 e. The number of benzene rings is 2. The zero-order chi connectivity index (χ0) is 15.2. The van der Waals surface area contributed by atoms with Crippen LogP contribution in [0.15, 0.2) is 48.5 Å². The van der Waals surface area contributed by atoms with Crippen LogP contribution in [0.2, 0.25) is 0 Å². The summed E-state index contributed by atoms with van der Waals surface area (Å²) in [6.45, 7) is 0.342. The molecule has 0 spiro atoms. The number of nitrogens with two attached hydrogens (primary N) is 1. The molecule has 0 aliphatic rings. The summed E-state index contributed by atoms with van der Waals surface area (Å²) >= 11 is 0. The number of carboxylic acid groups (broad SMARTS) is 1. The molecule has 5 heteroatoms. The number of hydrogen-bond donors (Lipinski definition) is 2. The summed E-state index contributed by atoms with van der Waals surface area (Å²) in [5, 5.41) is 8.75. The van der Waals surface area contributed by atoms with Gasteiger partial charge in [0.05, 0.1) is 0 Å². The predicted molar refractivity (Wildman–Crippen MR) is 76.5 cm³/mol. The predicted octanol–water partition coefficient (Wildman–Crippen LogP) is 2.36. The van der Waals surface area contributed by atoms with Crippen molar-refractivity contribution in [3.63, 3.8) is 0 Å². The maximum absolute atomic E-state index is 12.8. The first-order valence-corrected chi connectivity index (χ1v) is 6.49. The van der Waals surface area contributed by atoms with Gasteiger partial charge in [-0.3, -0.25) is 4.79 Å². The van der Waals surface area contributed by atoms with E-state index in [0.717, 1.165) is 11.1 Å². The third-order valence-corrected chi connectivity index (χ3v) is 3.01. The summed E-state index contributed by atoms with van der Waals surface area (Å²) in [7, 11) is 0. The van der Waals surface area contributed by atoms with Crippen LogP contribution in [0.4, 0.5) is 4.39 Å². The lowest BCUT2D eigenvalue weighted by atomic mass is 10.1. The lowest BCUT2D eigenvalue weighted by molar-refractivity contribution is -0.138. The molecule has 21 heavy (non-hydrogen) atoms. The Balaban J connectivity index is 1.90. The Hall–Kier alpha value is -2.40. The van der Waals surface area contributed by atoms with Crippen LogP contribution in [-0.2, 0) is 17.8 Å². The van der Waals surface area contributed by atoms with Crippen LogP contribution < -0.4 is 10.5 Å². The minimum atomic E-state index is -1.02. The molecule has 0 amide bonds. The number of ether oxygens (including phenoxy) is 1. The van der Waals surface area contributed by atoms with Gasteiger partial charge in [-0.05, 0) is 41.8 Å². The standard InChI is InChI=1S/C16H16FNO3/c17-13-5-1-12(2-6-13)10-21-14-7-3-11(4-8-14)9-15(18)16(19)20/h1-8,15H,9-10,18H2,(H,19,20). The van der Waals surface area contributed by atoms with Crippen molar-refractivity contribution < 1.29 is 19.0 Å². The maximum Gasteiger partial charge on any atom is 0.320 e. The normalized spacial score (nSPS) is 11.9. The van der Waals surface area contributed by atoms with E-state index >= 15 is 0 Å². The number of hydrogen-bond acceptors (Lipinski definition) is 3. The summed E-state index contributed by atoms with van der Waals surface area (Å²) in [4.78, 5) is 10.7. The van der Waals surface area contributed by atoms with Gasteiger partial charge in [-0.15, -0.1) is 0 Å². The molecular formula is C16H16FNO3. The Morgan fingerprint density at radius 2 is 1.67 bits per heavy atom. The van der Waals surface area contributed by atoms with Crippen LogP contribution in [-0.4, -0.2) is 17.1 Å². The van der Waals surface area contributed by atoms with Crippen LogP contribution in [0.3, 0.4) is 0 Å². The molecule has 0 aliphatic carbocycles. The van der Waals surface area contributed by atoms with Crippen LogP contribution in [0.25, 0.3) is 0 Å². The lowest BCUT2D eigenvalue weighted by Crippen LogP contribution is -2.32. The van der Waals surface area contributed by atoms with E-state index < -0.39 is 12.0 Å². The molecule has 3 N–H and O–H groups in total. The topological polar surface area (TPSA) is 72.5 Å². The van der Waals surface area contributed by atoms with E-state index in [2.05, 4.69) is 0 Å². The molecule has 0 aliphatic heterocycles. The number of aliphatic carboxylic acids is 1. The Kier molecular flexibility index (Phi) is 4.90. The van der Waals surface area contributed by atoms with Gasteiger partial charge in [0.2, 0.25) is 0 Å². The molecule has 2 rings (SSSR count). The Morgan fingerprint density at radius 1 is 1.10 bits per heavy atom. The van der Waals surface area contributed by atoms with Crippen LogP contribution in [0.5, 0.6) is 5.75 Å². The van der Waals surface area contributed by atoms with E-state index in [1.807, 2.05) is 0 Å². The summed E-state index contributed by atoms with van der Waals surface area (Å²) in [5.74, 6) is -0.642. The SMILES string of the molecule is NC(Cc1ccc(OCc2ccc(F)cc2)cc1)C(=O)O. The molecule has 2 aromatic carbocycles. The minimum absolute atomic E-state index is 0.271. The smallest absolute Gasteiger partial charge is 0.320 e. The zero-order valence-electron chi connectivity index (χ0n) is 11.3. The van der Waals surface area contributed by atoms with Crippen molar-refractivity contribution in [1.29, 1.82) is 0 Å². The van der Waals surface area contributed by atoms with E-state index in [0.29, 0.717) is 12.4 Å². The van der Waals surface area contributed by atoms with Gasteiger partial charge in [0.15, 0.2) is 0 Å². The molecule has 110 valence electrons. The highest BCUT2D eigenvalue weighted by Crippen LogP contribution is 2.15. The Morgan fingerprint density at radius 3 is 2.24 bits per heavy atom. The van der Waals surface area contributed by atoms with E-state index in [-0.39, 0.29) is 12.2 Å². The van der Waals surface area contributed by atoms with Crippen molar-refractivity contribution in [2.75, 3.05) is 0 Å². The third-order valence-electron chi connectivity index (χ3n) is 3.01. The van der Waals surface area contributed by atoms with Gasteiger partial charge >= 0.3 is 5.97 Å². The van der Waals surface area contributed by atoms with Crippen molar-refractivity contribution >= 4 is 5.97 Å². The van der Waals surface area contributed by atoms with E-state index in [1.165, 1.54) is 12.1 Å². The van der Waals surface area contributed by atoms with Gasteiger partial charge in [0, 0.05) is 0 Å².